The van der Waals surface area contributed by atoms with Gasteiger partial charge in [-0.15, -0.1) is 0 Å². The lowest BCUT2D eigenvalue weighted by atomic mass is 10.0. The van der Waals surface area contributed by atoms with Crippen LogP contribution >= 0.6 is 0 Å². The van der Waals surface area contributed by atoms with Crippen LogP contribution in [0, 0.1) is 0 Å². The van der Waals surface area contributed by atoms with Crippen molar-refractivity contribution in [2.45, 2.75) is 0 Å². The minimum absolute atomic E-state index is 0.854. The van der Waals surface area contributed by atoms with Crippen LogP contribution in [0.15, 0.2) is 265 Å². The topological polar surface area (TPSA) is 16.4 Å². The summed E-state index contributed by atoms with van der Waals surface area (Å²) in [6.07, 6.45) is 0. The van der Waals surface area contributed by atoms with Gasteiger partial charge in [-0.3, -0.25) is 0 Å². The summed E-state index contributed by atoms with van der Waals surface area (Å²) >= 11 is 0. The molecule has 0 aliphatic rings. The maximum absolute atomic E-state index is 6.66. The molecule has 0 saturated carbocycles. The van der Waals surface area contributed by atoms with E-state index in [4.69, 9.17) is 4.42 Å². The summed E-state index contributed by atoms with van der Waals surface area (Å²) in [5.41, 5.74) is 11.9. The fraction of sp³-hybridized carbons (Fsp3) is 0. The van der Waals surface area contributed by atoms with E-state index in [9.17, 15) is 0 Å². The van der Waals surface area contributed by atoms with E-state index in [1.54, 1.807) is 0 Å². The summed E-state index contributed by atoms with van der Waals surface area (Å²) < 4.78 is 6.66. The second-order valence-electron chi connectivity index (χ2n) is 16.1. The number of rotatable bonds is 10. The van der Waals surface area contributed by atoms with Gasteiger partial charge in [0, 0.05) is 33.8 Å². The van der Waals surface area contributed by atoms with Gasteiger partial charge >= 0.3 is 0 Å². The summed E-state index contributed by atoms with van der Waals surface area (Å²) in [5, 5.41) is 7.67. The highest BCUT2D eigenvalue weighted by Crippen LogP contribution is 2.43. The van der Waals surface area contributed by atoms with Crippen LogP contribution in [-0.4, -0.2) is 8.07 Å². The van der Waals surface area contributed by atoms with E-state index in [0.717, 1.165) is 61.3 Å². The third-order valence-corrected chi connectivity index (χ3v) is 17.2. The van der Waals surface area contributed by atoms with Gasteiger partial charge in [0.2, 0.25) is 0 Å². The van der Waals surface area contributed by atoms with Crippen molar-refractivity contribution < 1.29 is 4.42 Å². The average Bonchev–Trinajstić information content (AvgIpc) is 3.74. The van der Waals surface area contributed by atoms with Crippen molar-refractivity contribution in [3.63, 3.8) is 0 Å². The Kier molecular flexibility index (Phi) is 9.93. The van der Waals surface area contributed by atoms with Crippen molar-refractivity contribution in [2.24, 2.45) is 0 Å². The van der Waals surface area contributed by atoms with E-state index in [0.29, 0.717) is 0 Å². The lowest BCUT2D eigenvalue weighted by molar-refractivity contribution is 0.669. The molecule has 0 fully saturated rings. The maximum atomic E-state index is 6.66. The van der Waals surface area contributed by atoms with Crippen LogP contribution in [0.4, 0.5) is 17.1 Å². The second kappa shape index (κ2) is 16.5. The van der Waals surface area contributed by atoms with Gasteiger partial charge in [0.05, 0.1) is 5.69 Å². The van der Waals surface area contributed by atoms with Crippen molar-refractivity contribution in [1.82, 2.24) is 0 Å². The van der Waals surface area contributed by atoms with E-state index in [1.807, 2.05) is 6.07 Å². The molecule has 0 aliphatic carbocycles. The monoisotopic (exact) mass is 821 g/mol. The molecule has 0 bridgehead atoms. The molecule has 0 spiro atoms. The van der Waals surface area contributed by atoms with Crippen molar-refractivity contribution in [1.29, 1.82) is 0 Å². The van der Waals surface area contributed by atoms with Gasteiger partial charge < -0.3 is 9.32 Å². The first-order chi connectivity index (χ1) is 31.2. The standard InChI is InChI=1S/C60H43NOSi/c1-6-18-44(19-7-1)48-34-40-56-57-41-37-50(43-60(57)62-59(56)42-48)61(58-29-17-16-28-55(58)47-20-8-2-9-21-47)49-35-30-45(31-36-49)46-32-38-54(39-33-46)63(51-22-10-3-11-23-51,52-24-12-4-13-25-52)53-26-14-5-15-27-53/h1-43H. The Hall–Kier alpha value is -7.98. The molecular formula is C60H43NOSi. The number of furan rings is 1. The molecule has 3 heteroatoms. The lowest BCUT2D eigenvalue weighted by Gasteiger charge is -2.34. The third kappa shape index (κ3) is 6.95. The number of fused-ring (bicyclic) bond motifs is 3. The number of benzene rings is 10. The number of nitrogens with zero attached hydrogens (tertiary/aromatic N) is 1. The Morgan fingerprint density at radius 1 is 0.286 bits per heavy atom. The van der Waals surface area contributed by atoms with Crippen molar-refractivity contribution in [3.05, 3.63) is 261 Å². The molecule has 0 aliphatic heterocycles. The van der Waals surface area contributed by atoms with E-state index in [1.165, 1.54) is 31.9 Å². The molecule has 11 rings (SSSR count). The Morgan fingerprint density at radius 2 is 0.683 bits per heavy atom. The first-order valence-electron chi connectivity index (χ1n) is 21.6. The third-order valence-electron chi connectivity index (χ3n) is 12.4. The van der Waals surface area contributed by atoms with Crippen LogP contribution in [0.5, 0.6) is 0 Å². The molecule has 10 aromatic carbocycles. The largest absolute Gasteiger partial charge is 0.456 e. The lowest BCUT2D eigenvalue weighted by Crippen LogP contribution is -2.74. The second-order valence-corrected chi connectivity index (χ2v) is 19.9. The smallest absolute Gasteiger partial charge is 0.179 e. The van der Waals surface area contributed by atoms with Gasteiger partial charge in [-0.25, -0.2) is 0 Å². The zero-order valence-electron chi connectivity index (χ0n) is 34.7. The first kappa shape index (κ1) is 38.0. The quantitative estimate of drug-likeness (QED) is 0.101. The zero-order chi connectivity index (χ0) is 42.0. The van der Waals surface area contributed by atoms with Gasteiger partial charge in [-0.1, -0.05) is 212 Å². The fourth-order valence-corrected chi connectivity index (χ4v) is 14.2. The minimum Gasteiger partial charge on any atom is -0.456 e. The fourth-order valence-electron chi connectivity index (χ4n) is 9.45. The molecule has 1 heterocycles. The van der Waals surface area contributed by atoms with Gasteiger partial charge in [-0.2, -0.15) is 0 Å². The molecule has 0 atom stereocenters. The Bertz CT molecular complexity index is 3200. The normalized spacial score (nSPS) is 11.5. The molecule has 0 N–H and O–H groups in total. The number of para-hydroxylation sites is 1. The van der Waals surface area contributed by atoms with Gasteiger partial charge in [0.15, 0.2) is 8.07 Å². The predicted octanol–water partition coefficient (Wildman–Crippen LogP) is 13.4. The highest BCUT2D eigenvalue weighted by molar-refractivity contribution is 7.19. The molecule has 63 heavy (non-hydrogen) atoms. The van der Waals surface area contributed by atoms with Crippen molar-refractivity contribution in [3.8, 4) is 33.4 Å². The Morgan fingerprint density at radius 3 is 1.25 bits per heavy atom. The SMILES string of the molecule is c1ccc(-c2ccc3c(c2)oc2cc(N(c4ccc(-c5ccc([Si](c6ccccc6)(c6ccccc6)c6ccccc6)cc5)cc4)c4ccccc4-c4ccccc4)ccc23)cc1. The average molecular weight is 822 g/mol. The molecule has 0 amide bonds. The van der Waals surface area contributed by atoms with E-state index >= 15 is 0 Å². The summed E-state index contributed by atoms with van der Waals surface area (Å²) in [4.78, 5) is 2.36. The van der Waals surface area contributed by atoms with Crippen molar-refractivity contribution in [2.75, 3.05) is 4.90 Å². The molecule has 298 valence electrons. The maximum Gasteiger partial charge on any atom is 0.179 e. The van der Waals surface area contributed by atoms with Crippen LogP contribution in [0.25, 0.3) is 55.3 Å². The van der Waals surface area contributed by atoms with E-state index in [-0.39, 0.29) is 0 Å². The van der Waals surface area contributed by atoms with Crippen LogP contribution in [-0.2, 0) is 0 Å². The zero-order valence-corrected chi connectivity index (χ0v) is 35.7. The van der Waals surface area contributed by atoms with Gasteiger partial charge in [0.25, 0.3) is 0 Å². The van der Waals surface area contributed by atoms with E-state index < -0.39 is 8.07 Å². The molecule has 0 radical (unpaired) electrons. The summed E-state index contributed by atoms with van der Waals surface area (Å²) in [6, 6.07) is 94.6. The first-order valence-corrected chi connectivity index (χ1v) is 23.6. The molecule has 11 aromatic rings. The molecule has 0 saturated heterocycles. The van der Waals surface area contributed by atoms with Crippen molar-refractivity contribution >= 4 is 67.8 Å². The highest BCUT2D eigenvalue weighted by Gasteiger charge is 2.41. The predicted molar refractivity (Wildman–Crippen MR) is 268 cm³/mol. The van der Waals surface area contributed by atoms with Crippen LogP contribution in [0.3, 0.4) is 0 Å². The summed E-state index contributed by atoms with van der Waals surface area (Å²) in [6.45, 7) is 0. The molecule has 2 nitrogen and oxygen atoms in total. The van der Waals surface area contributed by atoms with Crippen LogP contribution < -0.4 is 25.6 Å². The molecule has 0 unspecified atom stereocenters. The van der Waals surface area contributed by atoms with E-state index in [2.05, 4.69) is 260 Å². The van der Waals surface area contributed by atoms with Crippen LogP contribution in [0.2, 0.25) is 0 Å². The number of anilines is 3. The van der Waals surface area contributed by atoms with Gasteiger partial charge in [-0.05, 0) is 91.0 Å². The summed E-state index contributed by atoms with van der Waals surface area (Å²) in [5.74, 6) is 0. The Balaban J connectivity index is 1.00. The molecular weight excluding hydrogens is 779 g/mol. The van der Waals surface area contributed by atoms with Gasteiger partial charge in [0.1, 0.15) is 11.2 Å². The molecule has 1 aromatic heterocycles. The highest BCUT2D eigenvalue weighted by atomic mass is 28.3. The van der Waals surface area contributed by atoms with Crippen LogP contribution in [0.1, 0.15) is 0 Å². The number of hydrogen-bond donors (Lipinski definition) is 0. The minimum atomic E-state index is -2.62. The number of hydrogen-bond acceptors (Lipinski definition) is 2. The Labute approximate surface area is 369 Å². The summed E-state index contributed by atoms with van der Waals surface area (Å²) in [7, 11) is -2.62.